The van der Waals surface area contributed by atoms with Crippen LogP contribution in [-0.4, -0.2) is 11.0 Å². The van der Waals surface area contributed by atoms with Crippen LogP contribution < -0.4 is 5.32 Å². The fourth-order valence-electron chi connectivity index (χ4n) is 2.82. The molecule has 3 heteroatoms. The second-order valence-corrected chi connectivity index (χ2v) is 5.26. The highest BCUT2D eigenvalue weighted by Gasteiger charge is 2.21. The SMILES string of the molecule is CC.CCC1CCC(Nc2nc3ccccc3o2)CC1. The van der Waals surface area contributed by atoms with Crippen LogP contribution in [0.4, 0.5) is 6.01 Å². The van der Waals surface area contributed by atoms with E-state index in [1.807, 2.05) is 38.1 Å². The van der Waals surface area contributed by atoms with Crippen molar-refractivity contribution in [3.63, 3.8) is 0 Å². The van der Waals surface area contributed by atoms with Crippen molar-refractivity contribution < 1.29 is 4.42 Å². The number of hydrogen-bond donors (Lipinski definition) is 1. The van der Waals surface area contributed by atoms with Gasteiger partial charge in [-0.2, -0.15) is 4.98 Å². The highest BCUT2D eigenvalue weighted by Crippen LogP contribution is 2.29. The first-order chi connectivity index (χ1) is 9.85. The van der Waals surface area contributed by atoms with Crippen molar-refractivity contribution in [2.24, 2.45) is 5.92 Å². The van der Waals surface area contributed by atoms with Crippen molar-refractivity contribution in [3.05, 3.63) is 24.3 Å². The van der Waals surface area contributed by atoms with Crippen LogP contribution in [0.3, 0.4) is 0 Å². The van der Waals surface area contributed by atoms with Crippen molar-refractivity contribution >= 4 is 17.1 Å². The van der Waals surface area contributed by atoms with E-state index in [0.29, 0.717) is 12.1 Å². The van der Waals surface area contributed by atoms with Crippen LogP contribution in [0.15, 0.2) is 28.7 Å². The molecule has 1 saturated carbocycles. The number of rotatable bonds is 3. The summed E-state index contributed by atoms with van der Waals surface area (Å²) >= 11 is 0. The summed E-state index contributed by atoms with van der Waals surface area (Å²) in [6.07, 6.45) is 6.44. The Morgan fingerprint density at radius 1 is 1.15 bits per heavy atom. The quantitative estimate of drug-likeness (QED) is 0.832. The van der Waals surface area contributed by atoms with E-state index in [2.05, 4.69) is 17.2 Å². The first kappa shape index (κ1) is 14.9. The number of nitrogens with one attached hydrogen (secondary N) is 1. The van der Waals surface area contributed by atoms with E-state index in [4.69, 9.17) is 4.42 Å². The fraction of sp³-hybridized carbons (Fsp3) is 0.588. The Morgan fingerprint density at radius 2 is 1.85 bits per heavy atom. The molecule has 1 aromatic heterocycles. The summed E-state index contributed by atoms with van der Waals surface area (Å²) in [5.41, 5.74) is 1.80. The number of benzene rings is 1. The first-order valence-electron chi connectivity index (χ1n) is 7.97. The summed E-state index contributed by atoms with van der Waals surface area (Å²) in [6, 6.07) is 9.11. The Bertz CT molecular complexity index is 479. The number of para-hydroxylation sites is 2. The van der Waals surface area contributed by atoms with Crippen molar-refractivity contribution in [1.29, 1.82) is 0 Å². The van der Waals surface area contributed by atoms with Crippen LogP contribution in [0.1, 0.15) is 52.9 Å². The van der Waals surface area contributed by atoms with Gasteiger partial charge in [-0.25, -0.2) is 0 Å². The maximum Gasteiger partial charge on any atom is 0.295 e. The Kier molecular flexibility index (Phi) is 5.45. The van der Waals surface area contributed by atoms with Crippen LogP contribution in [0.5, 0.6) is 0 Å². The summed E-state index contributed by atoms with van der Waals surface area (Å²) in [7, 11) is 0. The topological polar surface area (TPSA) is 38.1 Å². The van der Waals surface area contributed by atoms with Crippen LogP contribution in [0.25, 0.3) is 11.1 Å². The molecular weight excluding hydrogens is 248 g/mol. The number of hydrogen-bond acceptors (Lipinski definition) is 3. The molecule has 110 valence electrons. The molecule has 1 heterocycles. The minimum Gasteiger partial charge on any atom is -0.424 e. The molecule has 0 saturated heterocycles. The second-order valence-electron chi connectivity index (χ2n) is 5.26. The van der Waals surface area contributed by atoms with E-state index in [1.54, 1.807) is 0 Å². The average Bonchev–Trinajstić information content (AvgIpc) is 2.92. The Hall–Kier alpha value is -1.51. The Balaban J connectivity index is 0.000000704. The third-order valence-corrected chi connectivity index (χ3v) is 4.05. The van der Waals surface area contributed by atoms with Crippen molar-refractivity contribution in [2.75, 3.05) is 5.32 Å². The van der Waals surface area contributed by atoms with Crippen LogP contribution in [-0.2, 0) is 0 Å². The van der Waals surface area contributed by atoms with E-state index in [0.717, 1.165) is 17.0 Å². The van der Waals surface area contributed by atoms with Crippen molar-refractivity contribution in [1.82, 2.24) is 4.98 Å². The number of aromatic nitrogens is 1. The molecule has 1 fully saturated rings. The van der Waals surface area contributed by atoms with Gasteiger partial charge >= 0.3 is 0 Å². The summed E-state index contributed by atoms with van der Waals surface area (Å²) in [4.78, 5) is 4.47. The molecule has 20 heavy (non-hydrogen) atoms. The van der Waals surface area contributed by atoms with Gasteiger partial charge in [0, 0.05) is 6.04 Å². The smallest absolute Gasteiger partial charge is 0.295 e. The number of nitrogens with zero attached hydrogens (tertiary/aromatic N) is 1. The summed E-state index contributed by atoms with van der Waals surface area (Å²) < 4.78 is 5.70. The Labute approximate surface area is 121 Å². The summed E-state index contributed by atoms with van der Waals surface area (Å²) in [6.45, 7) is 6.29. The van der Waals surface area contributed by atoms with Gasteiger partial charge in [-0.15, -0.1) is 0 Å². The Morgan fingerprint density at radius 3 is 2.50 bits per heavy atom. The molecule has 0 bridgehead atoms. The predicted octanol–water partition coefficient (Wildman–Crippen LogP) is 5.23. The van der Waals surface area contributed by atoms with Gasteiger partial charge in [0.25, 0.3) is 6.01 Å². The number of oxazole rings is 1. The van der Waals surface area contributed by atoms with Crippen molar-refractivity contribution in [3.8, 4) is 0 Å². The zero-order valence-corrected chi connectivity index (χ0v) is 12.9. The molecule has 0 spiro atoms. The van der Waals surface area contributed by atoms with Gasteiger partial charge in [0.05, 0.1) is 0 Å². The predicted molar refractivity (Wildman–Crippen MR) is 85.0 cm³/mol. The lowest BCUT2D eigenvalue weighted by Gasteiger charge is -2.27. The lowest BCUT2D eigenvalue weighted by Crippen LogP contribution is -2.25. The molecule has 1 N–H and O–H groups in total. The maximum absolute atomic E-state index is 5.70. The molecule has 3 nitrogen and oxygen atoms in total. The van der Waals surface area contributed by atoms with Crippen LogP contribution in [0.2, 0.25) is 0 Å². The number of anilines is 1. The molecule has 1 aromatic carbocycles. The molecule has 0 radical (unpaired) electrons. The van der Waals surface area contributed by atoms with E-state index < -0.39 is 0 Å². The number of fused-ring (bicyclic) bond motifs is 1. The van der Waals surface area contributed by atoms with Gasteiger partial charge in [0.1, 0.15) is 5.52 Å². The van der Waals surface area contributed by atoms with Crippen LogP contribution in [0, 0.1) is 5.92 Å². The highest BCUT2D eigenvalue weighted by atomic mass is 16.4. The van der Waals surface area contributed by atoms with Gasteiger partial charge < -0.3 is 9.73 Å². The highest BCUT2D eigenvalue weighted by molar-refractivity contribution is 5.74. The molecule has 0 amide bonds. The third-order valence-electron chi connectivity index (χ3n) is 4.05. The molecule has 0 aliphatic heterocycles. The average molecular weight is 274 g/mol. The molecule has 0 atom stereocenters. The lowest BCUT2D eigenvalue weighted by molar-refractivity contribution is 0.327. The van der Waals surface area contributed by atoms with Crippen LogP contribution >= 0.6 is 0 Å². The van der Waals surface area contributed by atoms with Gasteiger partial charge in [-0.1, -0.05) is 39.3 Å². The van der Waals surface area contributed by atoms with E-state index >= 15 is 0 Å². The van der Waals surface area contributed by atoms with E-state index in [-0.39, 0.29) is 0 Å². The first-order valence-corrected chi connectivity index (χ1v) is 7.97. The molecule has 2 aromatic rings. The minimum atomic E-state index is 0.529. The molecule has 1 aliphatic carbocycles. The zero-order chi connectivity index (χ0) is 14.4. The standard InChI is InChI=1S/C15H20N2O.C2H6/c1-2-11-7-9-12(10-8-11)16-15-17-13-5-3-4-6-14(13)18-15;1-2/h3-6,11-12H,2,7-10H2,1H3,(H,16,17);1-2H3. The third kappa shape index (κ3) is 3.53. The maximum atomic E-state index is 5.70. The van der Waals surface area contributed by atoms with E-state index in [1.165, 1.54) is 32.1 Å². The monoisotopic (exact) mass is 274 g/mol. The van der Waals surface area contributed by atoms with Gasteiger partial charge in [0.15, 0.2) is 5.58 Å². The lowest BCUT2D eigenvalue weighted by atomic mass is 9.85. The van der Waals surface area contributed by atoms with E-state index in [9.17, 15) is 0 Å². The molecule has 3 rings (SSSR count). The summed E-state index contributed by atoms with van der Waals surface area (Å²) in [5.74, 6) is 0.923. The minimum absolute atomic E-state index is 0.529. The molecular formula is C17H26N2O. The van der Waals surface area contributed by atoms with Gasteiger partial charge in [0.2, 0.25) is 0 Å². The van der Waals surface area contributed by atoms with Gasteiger partial charge in [-0.3, -0.25) is 0 Å². The van der Waals surface area contributed by atoms with Crippen molar-refractivity contribution in [2.45, 2.75) is 58.9 Å². The summed E-state index contributed by atoms with van der Waals surface area (Å²) in [5, 5.41) is 3.44. The molecule has 1 aliphatic rings. The second kappa shape index (κ2) is 7.32. The normalized spacial score (nSPS) is 22.1. The zero-order valence-electron chi connectivity index (χ0n) is 12.9. The largest absolute Gasteiger partial charge is 0.424 e. The fourth-order valence-corrected chi connectivity index (χ4v) is 2.82. The van der Waals surface area contributed by atoms with Gasteiger partial charge in [-0.05, 0) is 43.7 Å². The molecule has 0 unspecified atom stereocenters.